The highest BCUT2D eigenvalue weighted by Crippen LogP contribution is 2.23. The molecule has 0 aromatic heterocycles. The van der Waals surface area contributed by atoms with E-state index in [2.05, 4.69) is 31.6 Å². The lowest BCUT2D eigenvalue weighted by Crippen LogP contribution is -2.58. The molecule has 1 aliphatic rings. The summed E-state index contributed by atoms with van der Waals surface area (Å²) in [5.74, 6) is -2.91. The highest BCUT2D eigenvalue weighted by molar-refractivity contribution is 6.05. The quantitative estimate of drug-likeness (QED) is 0.0709. The van der Waals surface area contributed by atoms with E-state index < -0.39 is 53.7 Å². The molecule has 9 N–H and O–H groups in total. The van der Waals surface area contributed by atoms with Crippen LogP contribution in [0, 0.1) is 0 Å². The van der Waals surface area contributed by atoms with Crippen LogP contribution in [0.2, 0.25) is 0 Å². The minimum atomic E-state index is -1.17. The lowest BCUT2D eigenvalue weighted by molar-refractivity contribution is -0.133. The van der Waals surface area contributed by atoms with Crippen LogP contribution < -0.4 is 38.1 Å². The molecule has 4 unspecified atom stereocenters. The number of guanidine groups is 1. The van der Waals surface area contributed by atoms with E-state index in [1.807, 2.05) is 66.7 Å². The molecule has 0 aliphatic carbocycles. The zero-order chi connectivity index (χ0) is 41.8. The van der Waals surface area contributed by atoms with Gasteiger partial charge in [-0.3, -0.25) is 29.0 Å². The zero-order valence-corrected chi connectivity index (χ0v) is 33.1. The van der Waals surface area contributed by atoms with Gasteiger partial charge in [0.05, 0.1) is 0 Å². The van der Waals surface area contributed by atoms with Crippen molar-refractivity contribution in [3.8, 4) is 0 Å². The summed E-state index contributed by atoms with van der Waals surface area (Å²) in [6.45, 7) is 1.29. The highest BCUT2D eigenvalue weighted by Gasteiger charge is 2.32. The number of ether oxygens (including phenoxy) is 2. The number of carbonyl (C=O) groups is 5. The van der Waals surface area contributed by atoms with Gasteiger partial charge in [0.25, 0.3) is 5.91 Å². The molecule has 59 heavy (non-hydrogen) atoms. The van der Waals surface area contributed by atoms with Gasteiger partial charge in [0.2, 0.25) is 23.6 Å². The molecule has 0 spiro atoms. The lowest BCUT2D eigenvalue weighted by Gasteiger charge is -2.27. The Bertz CT molecular complexity index is 2020. The molecule has 5 amide bonds. The maximum Gasteiger partial charge on any atom is 0.251 e. The van der Waals surface area contributed by atoms with Crippen molar-refractivity contribution in [1.29, 1.82) is 0 Å². The number of nitrogens with two attached hydrogens (primary N) is 2. The summed E-state index contributed by atoms with van der Waals surface area (Å²) in [5, 5.41) is 16.1. The van der Waals surface area contributed by atoms with Gasteiger partial charge in [-0.2, -0.15) is 0 Å². The van der Waals surface area contributed by atoms with E-state index in [0.717, 1.165) is 16.3 Å². The van der Waals surface area contributed by atoms with Crippen molar-refractivity contribution in [3.63, 3.8) is 0 Å². The van der Waals surface area contributed by atoms with Gasteiger partial charge >= 0.3 is 0 Å². The molecule has 1 fully saturated rings. The molecule has 5 rings (SSSR count). The molecule has 4 atom stereocenters. The highest BCUT2D eigenvalue weighted by atomic mass is 16.5. The van der Waals surface area contributed by atoms with Gasteiger partial charge in [-0.15, -0.1) is 0 Å². The molecule has 15 heteroatoms. The Balaban J connectivity index is 1.42. The van der Waals surface area contributed by atoms with Crippen molar-refractivity contribution in [2.75, 3.05) is 38.3 Å². The summed E-state index contributed by atoms with van der Waals surface area (Å²) in [5.41, 5.74) is 12.8. The van der Waals surface area contributed by atoms with Crippen molar-refractivity contribution in [2.24, 2.45) is 16.5 Å². The molecule has 1 aliphatic heterocycles. The third kappa shape index (κ3) is 14.2. The summed E-state index contributed by atoms with van der Waals surface area (Å²) in [4.78, 5) is 73.7. The summed E-state index contributed by atoms with van der Waals surface area (Å²) in [6.07, 6.45) is 2.09. The van der Waals surface area contributed by atoms with Crippen LogP contribution in [-0.2, 0) is 35.1 Å². The predicted octanol–water partition coefficient (Wildman–Crippen LogP) is 2.93. The predicted molar refractivity (Wildman–Crippen MR) is 226 cm³/mol. The van der Waals surface area contributed by atoms with Crippen LogP contribution in [0.1, 0.15) is 54.4 Å². The van der Waals surface area contributed by atoms with Crippen LogP contribution in [0.25, 0.3) is 10.8 Å². The van der Waals surface area contributed by atoms with Crippen LogP contribution in [0.3, 0.4) is 0 Å². The standard InChI is InChI=1S/C44H54N8O7/c45-44(46)47-24-12-21-35-40(54)51-37(41(55)48-34-20-11-18-31-15-7-8-19-33(31)34)23-28-59-26-10-9-25-58-27-22-36(49-39(53)32-16-5-2-6-17-32)42(56)52-38(43(57)50-35)29-30-13-3-1-4-14-30/h1-8,11,13-20,35-38H,9-10,12,21-29H2,(H,48,55)(H,49,53)(H,50,57)(H,51,54)(H,52,56)(H4,45,46,47). The first-order valence-electron chi connectivity index (χ1n) is 20.0. The summed E-state index contributed by atoms with van der Waals surface area (Å²) < 4.78 is 11.7. The first kappa shape index (κ1) is 43.8. The van der Waals surface area contributed by atoms with E-state index in [-0.39, 0.29) is 51.4 Å². The molecule has 1 heterocycles. The number of benzene rings is 4. The maximum absolute atomic E-state index is 14.3. The molecule has 0 radical (unpaired) electrons. The summed E-state index contributed by atoms with van der Waals surface area (Å²) in [6, 6.07) is 26.4. The van der Waals surface area contributed by atoms with Crippen LogP contribution in [0.15, 0.2) is 108 Å². The molecule has 4 aromatic rings. The molecule has 15 nitrogen and oxygen atoms in total. The van der Waals surface area contributed by atoms with Gasteiger partial charge in [0, 0.05) is 56.0 Å². The van der Waals surface area contributed by atoms with Crippen LogP contribution in [0.4, 0.5) is 5.69 Å². The average molecular weight is 807 g/mol. The number of fused-ring (bicyclic) bond motifs is 1. The minimum Gasteiger partial charge on any atom is -0.381 e. The molecular weight excluding hydrogens is 753 g/mol. The van der Waals surface area contributed by atoms with Gasteiger partial charge in [-0.1, -0.05) is 84.9 Å². The number of anilines is 1. The summed E-state index contributed by atoms with van der Waals surface area (Å²) >= 11 is 0. The Morgan fingerprint density at radius 3 is 2.05 bits per heavy atom. The fraction of sp³-hybridized carbons (Fsp3) is 0.364. The van der Waals surface area contributed by atoms with Gasteiger partial charge < -0.3 is 47.5 Å². The van der Waals surface area contributed by atoms with Crippen molar-refractivity contribution >= 4 is 52.0 Å². The van der Waals surface area contributed by atoms with E-state index >= 15 is 0 Å². The van der Waals surface area contributed by atoms with E-state index in [9.17, 15) is 24.0 Å². The van der Waals surface area contributed by atoms with Gasteiger partial charge in [0.15, 0.2) is 5.96 Å². The van der Waals surface area contributed by atoms with E-state index in [1.165, 1.54) is 0 Å². The molecular formula is C44H54N8O7. The van der Waals surface area contributed by atoms with Crippen LogP contribution in [-0.4, -0.2) is 92.6 Å². The number of nitrogens with one attached hydrogen (secondary N) is 5. The lowest BCUT2D eigenvalue weighted by atomic mass is 10.0. The molecule has 312 valence electrons. The Morgan fingerprint density at radius 2 is 1.32 bits per heavy atom. The third-order valence-corrected chi connectivity index (χ3v) is 9.76. The zero-order valence-electron chi connectivity index (χ0n) is 33.1. The molecule has 0 bridgehead atoms. The van der Waals surface area contributed by atoms with Gasteiger partial charge in [-0.25, -0.2) is 0 Å². The Morgan fingerprint density at radius 1 is 0.695 bits per heavy atom. The number of hydrogen-bond donors (Lipinski definition) is 7. The maximum atomic E-state index is 14.3. The Labute approximate surface area is 344 Å². The average Bonchev–Trinajstić information content (AvgIpc) is 3.24. The Hall–Kier alpha value is -6.32. The van der Waals surface area contributed by atoms with E-state index in [1.54, 1.807) is 36.4 Å². The minimum absolute atomic E-state index is 0.0734. The number of amides is 5. The first-order chi connectivity index (χ1) is 28.7. The number of hydrogen-bond acceptors (Lipinski definition) is 8. The van der Waals surface area contributed by atoms with E-state index in [4.69, 9.17) is 20.9 Å². The fourth-order valence-electron chi connectivity index (χ4n) is 6.59. The van der Waals surface area contributed by atoms with Gasteiger partial charge in [-0.05, 0) is 67.7 Å². The molecule has 4 aromatic carbocycles. The second-order valence-electron chi connectivity index (χ2n) is 14.2. The third-order valence-electron chi connectivity index (χ3n) is 9.76. The number of aliphatic imine (C=N–C) groups is 1. The van der Waals surface area contributed by atoms with Crippen molar-refractivity contribution in [3.05, 3.63) is 114 Å². The van der Waals surface area contributed by atoms with Crippen molar-refractivity contribution in [2.45, 2.75) is 69.1 Å². The van der Waals surface area contributed by atoms with Crippen molar-refractivity contribution < 1.29 is 33.4 Å². The SMILES string of the molecule is NC(N)=NCCCC1NC(=O)C(Cc2ccccc2)NC(=O)C(NC(=O)c2ccccc2)CCOCCCCOCCC(C(=O)Nc2cccc3ccccc23)NC1=O. The molecule has 0 saturated carbocycles. The van der Waals surface area contributed by atoms with Crippen LogP contribution >= 0.6 is 0 Å². The normalized spacial score (nSPS) is 20.2. The number of carbonyl (C=O) groups excluding carboxylic acids is 5. The number of rotatable bonds is 10. The van der Waals surface area contributed by atoms with Gasteiger partial charge in [0.1, 0.15) is 24.2 Å². The smallest absolute Gasteiger partial charge is 0.251 e. The fourth-order valence-corrected chi connectivity index (χ4v) is 6.59. The largest absolute Gasteiger partial charge is 0.381 e. The second-order valence-corrected chi connectivity index (χ2v) is 14.2. The van der Waals surface area contributed by atoms with E-state index in [0.29, 0.717) is 43.7 Å². The monoisotopic (exact) mass is 806 g/mol. The Kier molecular flexibility index (Phi) is 17.2. The first-order valence-corrected chi connectivity index (χ1v) is 20.0. The van der Waals surface area contributed by atoms with Crippen LogP contribution in [0.5, 0.6) is 0 Å². The van der Waals surface area contributed by atoms with Crippen molar-refractivity contribution in [1.82, 2.24) is 21.3 Å². The second kappa shape index (κ2) is 23.2. The molecule has 1 saturated heterocycles. The number of nitrogens with zero attached hydrogens (tertiary/aromatic N) is 1. The topological polar surface area (TPSA) is 228 Å². The summed E-state index contributed by atoms with van der Waals surface area (Å²) in [7, 11) is 0.